The molecule has 0 aromatic heterocycles. The number of alkyl carbamates (subject to hydrolysis) is 1. The molecule has 14 nitrogen and oxygen atoms in total. The zero-order valence-corrected chi connectivity index (χ0v) is 29.7. The Labute approximate surface area is 300 Å². The number of nitrogens with one attached hydrogen (secondary N) is 5. The number of amides is 5. The summed E-state index contributed by atoms with van der Waals surface area (Å²) < 4.78 is 45.0. The summed E-state index contributed by atoms with van der Waals surface area (Å²) in [6, 6.07) is 3.06. The van der Waals surface area contributed by atoms with E-state index in [2.05, 4.69) is 26.6 Å². The van der Waals surface area contributed by atoms with E-state index in [0.29, 0.717) is 24.8 Å². The van der Waals surface area contributed by atoms with Crippen molar-refractivity contribution in [3.05, 3.63) is 35.9 Å². The summed E-state index contributed by atoms with van der Waals surface area (Å²) in [6.45, 7) is 2.55. The van der Waals surface area contributed by atoms with Crippen molar-refractivity contribution in [2.24, 2.45) is 5.92 Å². The number of halogens is 3. The predicted octanol–water partition coefficient (Wildman–Crippen LogP) is 2.22. The molecule has 4 unspecified atom stereocenters. The maximum absolute atomic E-state index is 13.9. The van der Waals surface area contributed by atoms with E-state index in [-0.39, 0.29) is 25.4 Å². The van der Waals surface area contributed by atoms with Crippen LogP contribution in [0.2, 0.25) is 0 Å². The van der Waals surface area contributed by atoms with Crippen molar-refractivity contribution in [3.8, 4) is 0 Å². The van der Waals surface area contributed by atoms with Crippen LogP contribution >= 0.6 is 0 Å². The monoisotopic (exact) mass is 738 g/mol. The van der Waals surface area contributed by atoms with Gasteiger partial charge in [-0.1, -0.05) is 49.6 Å². The highest BCUT2D eigenvalue weighted by atomic mass is 19.4. The fraction of sp³-hybridized carbons (Fsp3) is 0.629. The average molecular weight is 739 g/mol. The molecule has 17 heteroatoms. The number of nitrogens with zero attached hydrogens (tertiary/aromatic N) is 1. The quantitative estimate of drug-likeness (QED) is 0.149. The third-order valence-corrected chi connectivity index (χ3v) is 8.94. The van der Waals surface area contributed by atoms with Gasteiger partial charge in [0.1, 0.15) is 18.1 Å². The van der Waals surface area contributed by atoms with Crippen LogP contribution < -0.4 is 26.6 Å². The average Bonchev–Trinajstić information content (AvgIpc) is 3.60. The Morgan fingerprint density at radius 3 is 2.17 bits per heavy atom. The normalized spacial score (nSPS) is 18.1. The summed E-state index contributed by atoms with van der Waals surface area (Å²) in [6.07, 6.45) is -4.00. The van der Waals surface area contributed by atoms with Crippen molar-refractivity contribution < 1.29 is 51.5 Å². The zero-order chi connectivity index (χ0) is 38.4. The first kappa shape index (κ1) is 41.9. The van der Waals surface area contributed by atoms with Crippen molar-refractivity contribution in [3.63, 3.8) is 0 Å². The third-order valence-electron chi connectivity index (χ3n) is 8.94. The van der Waals surface area contributed by atoms with Crippen LogP contribution in [0.25, 0.3) is 0 Å². The van der Waals surface area contributed by atoms with Gasteiger partial charge in [0.15, 0.2) is 5.78 Å². The van der Waals surface area contributed by atoms with Gasteiger partial charge in [-0.3, -0.25) is 28.8 Å². The number of hydrogen-bond acceptors (Lipinski definition) is 9. The first-order valence-electron chi connectivity index (χ1n) is 17.6. The largest absolute Gasteiger partial charge is 0.447 e. The summed E-state index contributed by atoms with van der Waals surface area (Å²) >= 11 is 0. The Balaban J connectivity index is 1.71. The fourth-order valence-corrected chi connectivity index (χ4v) is 6.44. The van der Waals surface area contributed by atoms with Crippen molar-refractivity contribution in [2.75, 3.05) is 26.7 Å². The van der Waals surface area contributed by atoms with E-state index in [9.17, 15) is 46.7 Å². The number of alkyl halides is 3. The number of benzene rings is 1. The number of rotatable bonds is 17. The molecule has 2 aliphatic rings. The van der Waals surface area contributed by atoms with E-state index in [1.165, 1.54) is 4.90 Å². The van der Waals surface area contributed by atoms with Gasteiger partial charge in [-0.25, -0.2) is 4.79 Å². The van der Waals surface area contributed by atoms with Gasteiger partial charge < -0.3 is 36.2 Å². The Hall–Kier alpha value is -4.54. The second-order valence-corrected chi connectivity index (χ2v) is 13.3. The molecule has 1 saturated carbocycles. The number of Topliss-reactive ketones (excluding diaryl/α,β-unsaturated/α-hetero) is 2. The molecule has 3 rings (SSSR count). The minimum Gasteiger partial charge on any atom is -0.447 e. The van der Waals surface area contributed by atoms with E-state index >= 15 is 0 Å². The standard InChI is InChI=1S/C35H49F3N6O8/c1-21(2)52-34(51)43-29(23-13-8-5-9-14-23)33(50)44-18-10-15-25(44)31(48)41-24(16-17-35(36,37)38)30(47)32(49)40-20-27(46)42-28(26(45)19-39-3)22-11-6-4-7-12-22/h4,6-7,11-12,21,23-25,28-29,39H,5,8-10,13-20H2,1-3H3,(H,40,49)(H,41,48)(H,42,46)(H,43,51). The molecule has 2 fully saturated rings. The molecule has 52 heavy (non-hydrogen) atoms. The van der Waals surface area contributed by atoms with Crippen LogP contribution in [0, 0.1) is 5.92 Å². The lowest BCUT2D eigenvalue weighted by Gasteiger charge is -2.34. The SMILES string of the molecule is CNCC(=O)C(NC(=O)CNC(=O)C(=O)C(CCC(F)(F)F)NC(=O)C1CCCN1C(=O)C(NC(=O)OC(C)C)C1CCCCC1)c1ccccc1. The predicted molar refractivity (Wildman–Crippen MR) is 181 cm³/mol. The third kappa shape index (κ3) is 12.9. The molecule has 1 aromatic carbocycles. The maximum Gasteiger partial charge on any atom is 0.408 e. The molecule has 5 N–H and O–H groups in total. The van der Waals surface area contributed by atoms with Crippen molar-refractivity contribution in [2.45, 2.75) is 108 Å². The number of carbonyl (C=O) groups excluding carboxylic acids is 7. The molecular weight excluding hydrogens is 689 g/mol. The number of carbonyl (C=O) groups is 7. The number of ketones is 2. The highest BCUT2D eigenvalue weighted by Gasteiger charge is 2.42. The van der Waals surface area contributed by atoms with Gasteiger partial charge in [0, 0.05) is 13.0 Å². The molecule has 1 saturated heterocycles. The van der Waals surface area contributed by atoms with Gasteiger partial charge in [0.2, 0.25) is 23.5 Å². The first-order valence-corrected chi connectivity index (χ1v) is 17.6. The summed E-state index contributed by atoms with van der Waals surface area (Å²) in [5.74, 6) is -5.80. The smallest absolute Gasteiger partial charge is 0.408 e. The van der Waals surface area contributed by atoms with Crippen LogP contribution in [0.1, 0.15) is 83.2 Å². The van der Waals surface area contributed by atoms with E-state index in [4.69, 9.17) is 4.74 Å². The lowest BCUT2D eigenvalue weighted by Crippen LogP contribution is -2.58. The lowest BCUT2D eigenvalue weighted by atomic mass is 9.83. The van der Waals surface area contributed by atoms with Crippen molar-refractivity contribution in [1.82, 2.24) is 31.5 Å². The molecule has 1 aliphatic carbocycles. The van der Waals surface area contributed by atoms with Gasteiger partial charge in [0.25, 0.3) is 5.91 Å². The molecule has 0 radical (unpaired) electrons. The highest BCUT2D eigenvalue weighted by Crippen LogP contribution is 2.30. The topological polar surface area (TPSA) is 192 Å². The van der Waals surface area contributed by atoms with E-state index < -0.39 is 97.1 Å². The molecule has 1 heterocycles. The molecule has 4 atom stereocenters. The molecule has 0 bridgehead atoms. The fourth-order valence-electron chi connectivity index (χ4n) is 6.44. The molecule has 1 aliphatic heterocycles. The van der Waals surface area contributed by atoms with Crippen LogP contribution in [0.5, 0.6) is 0 Å². The molecule has 288 valence electrons. The van der Waals surface area contributed by atoms with Gasteiger partial charge in [0.05, 0.1) is 25.2 Å². The Kier molecular flexibility index (Phi) is 16.0. The Morgan fingerprint density at radius 2 is 1.56 bits per heavy atom. The van der Waals surface area contributed by atoms with E-state index in [1.807, 2.05) is 0 Å². The number of hydrogen-bond donors (Lipinski definition) is 5. The van der Waals surface area contributed by atoms with Gasteiger partial charge in [-0.2, -0.15) is 13.2 Å². The number of likely N-dealkylation sites (tertiary alicyclic amines) is 1. The van der Waals surface area contributed by atoms with Crippen LogP contribution in [0.4, 0.5) is 18.0 Å². The lowest BCUT2D eigenvalue weighted by molar-refractivity contribution is -0.147. The molecule has 5 amide bonds. The summed E-state index contributed by atoms with van der Waals surface area (Å²) in [5, 5.41) is 12.1. The summed E-state index contributed by atoms with van der Waals surface area (Å²) in [7, 11) is 1.54. The van der Waals surface area contributed by atoms with E-state index in [0.717, 1.165) is 19.3 Å². The summed E-state index contributed by atoms with van der Waals surface area (Å²) in [5.41, 5.74) is 0.462. The Bertz CT molecular complexity index is 1420. The second-order valence-electron chi connectivity index (χ2n) is 13.3. The minimum atomic E-state index is -4.73. The highest BCUT2D eigenvalue weighted by molar-refractivity contribution is 6.38. The molecule has 1 aromatic rings. The Morgan fingerprint density at radius 1 is 0.885 bits per heavy atom. The zero-order valence-electron chi connectivity index (χ0n) is 29.7. The molecular formula is C35H49F3N6O8. The number of likely N-dealkylation sites (N-methyl/N-ethyl adjacent to an activating group) is 1. The van der Waals surface area contributed by atoms with Gasteiger partial charge >= 0.3 is 12.3 Å². The minimum absolute atomic E-state index is 0.0856. The van der Waals surface area contributed by atoms with Crippen LogP contribution in [-0.2, 0) is 33.5 Å². The van der Waals surface area contributed by atoms with Crippen molar-refractivity contribution in [1.29, 1.82) is 0 Å². The molecule has 0 spiro atoms. The van der Waals surface area contributed by atoms with Crippen LogP contribution in [0.3, 0.4) is 0 Å². The van der Waals surface area contributed by atoms with Crippen LogP contribution in [0.15, 0.2) is 30.3 Å². The maximum atomic E-state index is 13.9. The first-order chi connectivity index (χ1) is 24.6. The van der Waals surface area contributed by atoms with Gasteiger partial charge in [-0.05, 0) is 64.5 Å². The second kappa shape index (κ2) is 19.9. The van der Waals surface area contributed by atoms with Gasteiger partial charge in [-0.15, -0.1) is 0 Å². The number of ether oxygens (including phenoxy) is 1. The van der Waals surface area contributed by atoms with E-state index in [1.54, 1.807) is 51.2 Å². The summed E-state index contributed by atoms with van der Waals surface area (Å²) in [4.78, 5) is 92.6. The van der Waals surface area contributed by atoms with Crippen LogP contribution in [-0.4, -0.2) is 103 Å². The van der Waals surface area contributed by atoms with Crippen molar-refractivity contribution >= 4 is 41.3 Å².